The summed E-state index contributed by atoms with van der Waals surface area (Å²) in [4.78, 5) is 22.9. The second-order valence-electron chi connectivity index (χ2n) is 4.37. The molecule has 1 atom stereocenters. The SMILES string of the molecule is O=C(O)c1c(F)cccc1NC(=O)C1CCCOC1. The lowest BCUT2D eigenvalue weighted by Crippen LogP contribution is -2.30. The van der Waals surface area contributed by atoms with Crippen LogP contribution in [0.3, 0.4) is 0 Å². The zero-order valence-electron chi connectivity index (χ0n) is 10.2. The molecule has 0 bridgehead atoms. The largest absolute Gasteiger partial charge is 0.478 e. The monoisotopic (exact) mass is 267 g/mol. The van der Waals surface area contributed by atoms with Gasteiger partial charge in [0.1, 0.15) is 11.4 Å². The van der Waals surface area contributed by atoms with Crippen molar-refractivity contribution in [2.45, 2.75) is 12.8 Å². The molecule has 0 aliphatic carbocycles. The summed E-state index contributed by atoms with van der Waals surface area (Å²) in [5, 5.41) is 11.4. The Labute approximate surface area is 109 Å². The molecule has 6 heteroatoms. The standard InChI is InChI=1S/C13H14FNO4/c14-9-4-1-5-10(11(9)13(17)18)15-12(16)8-3-2-6-19-7-8/h1,4-5,8H,2-3,6-7H2,(H,15,16)(H,17,18). The molecule has 19 heavy (non-hydrogen) atoms. The molecule has 0 radical (unpaired) electrons. The Bertz CT molecular complexity index is 497. The number of benzene rings is 1. The van der Waals surface area contributed by atoms with Gasteiger partial charge in [-0.15, -0.1) is 0 Å². The Morgan fingerprint density at radius 2 is 2.21 bits per heavy atom. The fourth-order valence-corrected chi connectivity index (χ4v) is 2.03. The van der Waals surface area contributed by atoms with Gasteiger partial charge in [0.2, 0.25) is 5.91 Å². The number of amides is 1. The van der Waals surface area contributed by atoms with Crippen LogP contribution in [0, 0.1) is 11.7 Å². The molecular formula is C13H14FNO4. The summed E-state index contributed by atoms with van der Waals surface area (Å²) in [5.74, 6) is -2.94. The summed E-state index contributed by atoms with van der Waals surface area (Å²) in [6, 6.07) is 3.77. The minimum atomic E-state index is -1.41. The zero-order valence-corrected chi connectivity index (χ0v) is 10.2. The number of carboxylic acids is 1. The molecule has 1 aromatic carbocycles. The first-order valence-corrected chi connectivity index (χ1v) is 6.00. The van der Waals surface area contributed by atoms with E-state index in [2.05, 4.69) is 5.32 Å². The van der Waals surface area contributed by atoms with Crippen LogP contribution in [0.1, 0.15) is 23.2 Å². The zero-order chi connectivity index (χ0) is 13.8. The lowest BCUT2D eigenvalue weighted by molar-refractivity contribution is -0.123. The Morgan fingerprint density at radius 3 is 2.84 bits per heavy atom. The summed E-state index contributed by atoms with van der Waals surface area (Å²) < 4.78 is 18.6. The van der Waals surface area contributed by atoms with Crippen molar-refractivity contribution in [1.29, 1.82) is 0 Å². The third-order valence-electron chi connectivity index (χ3n) is 3.02. The minimum absolute atomic E-state index is 0.0249. The van der Waals surface area contributed by atoms with Gasteiger partial charge in [0.25, 0.3) is 0 Å². The van der Waals surface area contributed by atoms with Crippen molar-refractivity contribution in [2.75, 3.05) is 18.5 Å². The van der Waals surface area contributed by atoms with Crippen molar-refractivity contribution < 1.29 is 23.8 Å². The molecule has 0 spiro atoms. The summed E-state index contributed by atoms with van der Waals surface area (Å²) in [6.45, 7) is 0.938. The van der Waals surface area contributed by atoms with E-state index in [-0.39, 0.29) is 17.5 Å². The summed E-state index contributed by atoms with van der Waals surface area (Å²) >= 11 is 0. The highest BCUT2D eigenvalue weighted by atomic mass is 19.1. The topological polar surface area (TPSA) is 75.6 Å². The molecular weight excluding hydrogens is 253 g/mol. The van der Waals surface area contributed by atoms with Crippen molar-refractivity contribution in [3.63, 3.8) is 0 Å². The molecule has 5 nitrogen and oxygen atoms in total. The normalized spacial score (nSPS) is 18.9. The van der Waals surface area contributed by atoms with E-state index in [0.29, 0.717) is 19.6 Å². The number of carbonyl (C=O) groups excluding carboxylic acids is 1. The molecule has 1 aliphatic rings. The number of aromatic carboxylic acids is 1. The second-order valence-corrected chi connectivity index (χ2v) is 4.37. The first-order chi connectivity index (χ1) is 9.09. The highest BCUT2D eigenvalue weighted by molar-refractivity contribution is 6.01. The van der Waals surface area contributed by atoms with Gasteiger partial charge in [-0.3, -0.25) is 4.79 Å². The first-order valence-electron chi connectivity index (χ1n) is 6.00. The van der Waals surface area contributed by atoms with E-state index in [4.69, 9.17) is 9.84 Å². The fraction of sp³-hybridized carbons (Fsp3) is 0.385. The van der Waals surface area contributed by atoms with Crippen LogP contribution in [0.5, 0.6) is 0 Å². The van der Waals surface area contributed by atoms with Gasteiger partial charge in [-0.25, -0.2) is 9.18 Å². The molecule has 1 fully saturated rings. The lowest BCUT2D eigenvalue weighted by Gasteiger charge is -2.21. The van der Waals surface area contributed by atoms with Gasteiger partial charge >= 0.3 is 5.97 Å². The van der Waals surface area contributed by atoms with Crippen molar-refractivity contribution in [3.8, 4) is 0 Å². The fourth-order valence-electron chi connectivity index (χ4n) is 2.03. The number of carbonyl (C=O) groups is 2. The van der Waals surface area contributed by atoms with Gasteiger partial charge in [0.05, 0.1) is 18.2 Å². The molecule has 1 amide bonds. The highest BCUT2D eigenvalue weighted by Crippen LogP contribution is 2.21. The number of anilines is 1. The van der Waals surface area contributed by atoms with Crippen LogP contribution in [-0.4, -0.2) is 30.2 Å². The molecule has 2 N–H and O–H groups in total. The summed E-state index contributed by atoms with van der Waals surface area (Å²) in [6.07, 6.45) is 1.47. The molecule has 1 aliphatic heterocycles. The van der Waals surface area contributed by atoms with E-state index < -0.39 is 17.3 Å². The molecule has 1 saturated heterocycles. The van der Waals surface area contributed by atoms with Gasteiger partial charge in [0.15, 0.2) is 0 Å². The number of carboxylic acid groups (broad SMARTS) is 1. The summed E-state index contributed by atoms with van der Waals surface area (Å²) in [5.41, 5.74) is -0.546. The van der Waals surface area contributed by atoms with E-state index in [1.54, 1.807) is 0 Å². The molecule has 1 aromatic rings. The number of halogens is 1. The molecule has 2 rings (SSSR count). The van der Waals surface area contributed by atoms with E-state index >= 15 is 0 Å². The Hall–Kier alpha value is -1.95. The van der Waals surface area contributed by atoms with Crippen LogP contribution in [0.25, 0.3) is 0 Å². The van der Waals surface area contributed by atoms with Gasteiger partial charge in [-0.2, -0.15) is 0 Å². The van der Waals surface area contributed by atoms with Crippen LogP contribution < -0.4 is 5.32 Å². The van der Waals surface area contributed by atoms with Crippen LogP contribution in [0.2, 0.25) is 0 Å². The number of rotatable bonds is 3. The Balaban J connectivity index is 2.16. The molecule has 0 saturated carbocycles. The number of hydrogen-bond donors (Lipinski definition) is 2. The van der Waals surface area contributed by atoms with Gasteiger partial charge in [-0.05, 0) is 25.0 Å². The number of nitrogens with one attached hydrogen (secondary N) is 1. The first kappa shape index (κ1) is 13.5. The number of ether oxygens (including phenoxy) is 1. The van der Waals surface area contributed by atoms with Crippen LogP contribution in [0.15, 0.2) is 18.2 Å². The second kappa shape index (κ2) is 5.79. The third-order valence-corrected chi connectivity index (χ3v) is 3.02. The predicted molar refractivity (Wildman–Crippen MR) is 65.5 cm³/mol. The smallest absolute Gasteiger partial charge is 0.340 e. The van der Waals surface area contributed by atoms with Crippen molar-refractivity contribution in [1.82, 2.24) is 0 Å². The molecule has 1 heterocycles. The lowest BCUT2D eigenvalue weighted by atomic mass is 10.0. The van der Waals surface area contributed by atoms with Crippen LogP contribution >= 0.6 is 0 Å². The van der Waals surface area contributed by atoms with Gasteiger partial charge in [0, 0.05) is 6.61 Å². The maximum absolute atomic E-state index is 13.4. The molecule has 1 unspecified atom stereocenters. The minimum Gasteiger partial charge on any atom is -0.478 e. The molecule has 102 valence electrons. The average Bonchev–Trinajstić information content (AvgIpc) is 2.39. The van der Waals surface area contributed by atoms with Crippen LogP contribution in [0.4, 0.5) is 10.1 Å². The quantitative estimate of drug-likeness (QED) is 0.876. The maximum atomic E-state index is 13.4. The van der Waals surface area contributed by atoms with E-state index in [1.807, 2.05) is 0 Å². The van der Waals surface area contributed by atoms with Crippen molar-refractivity contribution in [2.24, 2.45) is 5.92 Å². The average molecular weight is 267 g/mol. The van der Waals surface area contributed by atoms with Crippen molar-refractivity contribution in [3.05, 3.63) is 29.6 Å². The highest BCUT2D eigenvalue weighted by Gasteiger charge is 2.24. The van der Waals surface area contributed by atoms with Crippen molar-refractivity contribution >= 4 is 17.6 Å². The molecule has 0 aromatic heterocycles. The maximum Gasteiger partial charge on any atom is 0.340 e. The summed E-state index contributed by atoms with van der Waals surface area (Å²) in [7, 11) is 0. The number of hydrogen-bond acceptors (Lipinski definition) is 3. The Kier molecular flexibility index (Phi) is 4.11. The Morgan fingerprint density at radius 1 is 1.42 bits per heavy atom. The van der Waals surface area contributed by atoms with Crippen LogP contribution in [-0.2, 0) is 9.53 Å². The van der Waals surface area contributed by atoms with E-state index in [0.717, 1.165) is 12.5 Å². The predicted octanol–water partition coefficient (Wildman–Crippen LogP) is 1.89. The van der Waals surface area contributed by atoms with E-state index in [1.165, 1.54) is 12.1 Å². The third kappa shape index (κ3) is 3.08. The van der Waals surface area contributed by atoms with E-state index in [9.17, 15) is 14.0 Å². The van der Waals surface area contributed by atoms with Gasteiger partial charge in [-0.1, -0.05) is 6.07 Å². The van der Waals surface area contributed by atoms with Gasteiger partial charge < -0.3 is 15.2 Å².